The lowest BCUT2D eigenvalue weighted by Crippen LogP contribution is -2.50. The Morgan fingerprint density at radius 1 is 0.862 bits per heavy atom. The molecule has 1 saturated heterocycles. The van der Waals surface area contributed by atoms with E-state index in [1.54, 1.807) is 12.1 Å². The van der Waals surface area contributed by atoms with Crippen LogP contribution >= 0.6 is 23.2 Å². The molecule has 0 aromatic heterocycles. The summed E-state index contributed by atoms with van der Waals surface area (Å²) in [6.07, 6.45) is 0. The lowest BCUT2D eigenvalue weighted by molar-refractivity contribution is 0.273. The Morgan fingerprint density at radius 2 is 1.41 bits per heavy atom. The zero-order valence-electron chi connectivity index (χ0n) is 15.6. The molecule has 3 rings (SSSR count). The zero-order valence-corrected chi connectivity index (χ0v) is 18.7. The minimum Gasteiger partial charge on any atom is -0.494 e. The molecular formula is C18H20Cl2N2O5S2. The van der Waals surface area contributed by atoms with E-state index in [9.17, 15) is 16.8 Å². The highest BCUT2D eigenvalue weighted by molar-refractivity contribution is 7.89. The SMILES string of the molecule is CCOc1ccc(S(=O)(=O)N2CCN(S(=O)(=O)c3cc(Cl)ccc3Cl)CC2)cc1. The Hall–Kier alpha value is -1.36. The molecule has 1 aliphatic heterocycles. The third-order valence-corrected chi connectivity index (χ3v) is 9.01. The molecule has 1 aliphatic rings. The van der Waals surface area contributed by atoms with E-state index in [1.165, 1.54) is 38.9 Å². The van der Waals surface area contributed by atoms with Crippen LogP contribution in [-0.2, 0) is 20.0 Å². The van der Waals surface area contributed by atoms with Gasteiger partial charge in [-0.1, -0.05) is 23.2 Å². The lowest BCUT2D eigenvalue weighted by atomic mass is 10.3. The third kappa shape index (κ3) is 4.70. The summed E-state index contributed by atoms with van der Waals surface area (Å²) in [5, 5.41) is 0.323. The van der Waals surface area contributed by atoms with Gasteiger partial charge in [-0.2, -0.15) is 8.61 Å². The van der Waals surface area contributed by atoms with Gasteiger partial charge >= 0.3 is 0 Å². The molecule has 0 bridgehead atoms. The van der Waals surface area contributed by atoms with Crippen molar-refractivity contribution >= 4 is 43.2 Å². The van der Waals surface area contributed by atoms with E-state index >= 15 is 0 Å². The minimum absolute atomic E-state index is 0.0153. The average molecular weight is 479 g/mol. The highest BCUT2D eigenvalue weighted by Crippen LogP contribution is 2.29. The van der Waals surface area contributed by atoms with Crippen molar-refractivity contribution in [2.45, 2.75) is 16.7 Å². The predicted molar refractivity (Wildman–Crippen MR) is 112 cm³/mol. The number of ether oxygens (including phenoxy) is 1. The van der Waals surface area contributed by atoms with Gasteiger partial charge in [0.05, 0.1) is 16.5 Å². The smallest absolute Gasteiger partial charge is 0.244 e. The predicted octanol–water partition coefficient (Wildman–Crippen LogP) is 3.09. The first-order valence-electron chi connectivity index (χ1n) is 8.84. The molecule has 29 heavy (non-hydrogen) atoms. The topological polar surface area (TPSA) is 84.0 Å². The highest BCUT2D eigenvalue weighted by Gasteiger charge is 2.34. The van der Waals surface area contributed by atoms with E-state index in [0.29, 0.717) is 12.4 Å². The maximum atomic E-state index is 12.9. The van der Waals surface area contributed by atoms with E-state index < -0.39 is 20.0 Å². The number of hydrogen-bond acceptors (Lipinski definition) is 5. The zero-order chi connectivity index (χ0) is 21.2. The van der Waals surface area contributed by atoms with Crippen molar-refractivity contribution in [3.05, 3.63) is 52.5 Å². The van der Waals surface area contributed by atoms with E-state index in [-0.39, 0.29) is 46.0 Å². The van der Waals surface area contributed by atoms with Crippen molar-refractivity contribution < 1.29 is 21.6 Å². The fourth-order valence-corrected chi connectivity index (χ4v) is 6.57. The van der Waals surface area contributed by atoms with E-state index in [4.69, 9.17) is 27.9 Å². The Kier molecular flexibility index (Phi) is 6.77. The van der Waals surface area contributed by atoms with Gasteiger partial charge in [0.1, 0.15) is 10.6 Å². The van der Waals surface area contributed by atoms with Gasteiger partial charge in [0.15, 0.2) is 0 Å². The van der Waals surface area contributed by atoms with Crippen molar-refractivity contribution in [2.24, 2.45) is 0 Å². The molecule has 0 unspecified atom stereocenters. The first-order chi connectivity index (χ1) is 13.7. The van der Waals surface area contributed by atoms with Gasteiger partial charge in [0.2, 0.25) is 20.0 Å². The molecule has 7 nitrogen and oxygen atoms in total. The number of hydrogen-bond donors (Lipinski definition) is 0. The quantitative estimate of drug-likeness (QED) is 0.636. The molecule has 0 amide bonds. The molecule has 11 heteroatoms. The number of benzene rings is 2. The van der Waals surface area contributed by atoms with Gasteiger partial charge in [-0.15, -0.1) is 0 Å². The van der Waals surface area contributed by atoms with Crippen molar-refractivity contribution in [3.63, 3.8) is 0 Å². The maximum Gasteiger partial charge on any atom is 0.244 e. The van der Waals surface area contributed by atoms with Gasteiger partial charge in [-0.3, -0.25) is 0 Å². The number of halogens is 2. The number of nitrogens with zero attached hydrogens (tertiary/aromatic N) is 2. The Balaban J connectivity index is 1.75. The van der Waals surface area contributed by atoms with Crippen LogP contribution in [0.4, 0.5) is 0 Å². The molecule has 2 aromatic rings. The molecule has 0 aliphatic carbocycles. The Labute approximate surface area is 180 Å². The summed E-state index contributed by atoms with van der Waals surface area (Å²) in [6.45, 7) is 2.43. The van der Waals surface area contributed by atoms with Crippen LogP contribution in [0.15, 0.2) is 52.3 Å². The van der Waals surface area contributed by atoms with E-state index in [0.717, 1.165) is 0 Å². The molecule has 1 heterocycles. The molecule has 2 aromatic carbocycles. The first kappa shape index (κ1) is 22.3. The van der Waals surface area contributed by atoms with Gasteiger partial charge in [-0.25, -0.2) is 16.8 Å². The normalized spacial score (nSPS) is 16.7. The molecular weight excluding hydrogens is 459 g/mol. The summed E-state index contributed by atoms with van der Waals surface area (Å²) in [5.41, 5.74) is 0. The van der Waals surface area contributed by atoms with Gasteiger partial charge in [-0.05, 0) is 49.4 Å². The van der Waals surface area contributed by atoms with Crippen LogP contribution < -0.4 is 4.74 Å². The molecule has 0 radical (unpaired) electrons. The summed E-state index contributed by atoms with van der Waals surface area (Å²) in [7, 11) is -7.61. The molecule has 1 fully saturated rings. The first-order valence-corrected chi connectivity index (χ1v) is 12.5. The highest BCUT2D eigenvalue weighted by atomic mass is 35.5. The summed E-state index contributed by atoms with van der Waals surface area (Å²) < 4.78 is 59.3. The Morgan fingerprint density at radius 3 is 1.97 bits per heavy atom. The number of sulfonamides is 2. The number of rotatable bonds is 6. The maximum absolute atomic E-state index is 12.9. The van der Waals surface area contributed by atoms with Crippen LogP contribution in [0.25, 0.3) is 0 Å². The van der Waals surface area contributed by atoms with Crippen LogP contribution in [0, 0.1) is 0 Å². The number of piperazine rings is 1. The van der Waals surface area contributed by atoms with Crippen molar-refractivity contribution in [3.8, 4) is 5.75 Å². The van der Waals surface area contributed by atoms with Crippen LogP contribution in [-0.4, -0.2) is 58.2 Å². The van der Waals surface area contributed by atoms with Crippen molar-refractivity contribution in [2.75, 3.05) is 32.8 Å². The molecule has 158 valence electrons. The van der Waals surface area contributed by atoms with Crippen LogP contribution in [0.3, 0.4) is 0 Å². The minimum atomic E-state index is -3.88. The molecule has 0 spiro atoms. The van der Waals surface area contributed by atoms with Gasteiger partial charge in [0, 0.05) is 31.2 Å². The summed E-state index contributed by atoms with van der Waals surface area (Å²) in [4.78, 5) is 0.0460. The van der Waals surface area contributed by atoms with E-state index in [1.807, 2.05) is 6.92 Å². The van der Waals surface area contributed by atoms with Crippen LogP contribution in [0.5, 0.6) is 5.75 Å². The second kappa shape index (κ2) is 8.79. The standard InChI is InChI=1S/C18H20Cl2N2O5S2/c1-2-27-15-4-6-16(7-5-15)28(23,24)21-9-11-22(12-10-21)29(25,26)18-13-14(19)3-8-17(18)20/h3-8,13H,2,9-12H2,1H3. The molecule has 0 atom stereocenters. The lowest BCUT2D eigenvalue weighted by Gasteiger charge is -2.33. The van der Waals surface area contributed by atoms with Crippen LogP contribution in [0.1, 0.15) is 6.92 Å². The van der Waals surface area contributed by atoms with Gasteiger partial charge < -0.3 is 4.74 Å². The molecule has 0 saturated carbocycles. The summed E-state index contributed by atoms with van der Waals surface area (Å²) >= 11 is 11.9. The monoisotopic (exact) mass is 478 g/mol. The average Bonchev–Trinajstić information content (AvgIpc) is 2.70. The van der Waals surface area contributed by atoms with E-state index in [2.05, 4.69) is 0 Å². The van der Waals surface area contributed by atoms with Crippen molar-refractivity contribution in [1.82, 2.24) is 8.61 Å². The fraction of sp³-hybridized carbons (Fsp3) is 0.333. The third-order valence-electron chi connectivity index (χ3n) is 4.48. The van der Waals surface area contributed by atoms with Gasteiger partial charge in [0.25, 0.3) is 0 Å². The molecule has 0 N–H and O–H groups in total. The second-order valence-electron chi connectivity index (χ2n) is 6.29. The Bertz CT molecular complexity index is 1080. The largest absolute Gasteiger partial charge is 0.494 e. The summed E-state index contributed by atoms with van der Waals surface area (Å²) in [5.74, 6) is 0.584. The fourth-order valence-electron chi connectivity index (χ4n) is 2.99. The van der Waals surface area contributed by atoms with Crippen LogP contribution in [0.2, 0.25) is 10.0 Å². The van der Waals surface area contributed by atoms with Crippen molar-refractivity contribution in [1.29, 1.82) is 0 Å². The summed E-state index contributed by atoms with van der Waals surface area (Å²) in [6, 6.07) is 10.4. The second-order valence-corrected chi connectivity index (χ2v) is 11.0.